The molecule has 2 aromatic rings. The van der Waals surface area contributed by atoms with E-state index in [0.717, 1.165) is 5.69 Å². The first kappa shape index (κ1) is 11.5. The molecule has 0 saturated heterocycles. The zero-order valence-electron chi connectivity index (χ0n) is 8.96. The van der Waals surface area contributed by atoms with E-state index in [1.54, 1.807) is 0 Å². The minimum Gasteiger partial charge on any atom is -0.414 e. The molecule has 0 spiro atoms. The molecule has 0 amide bonds. The second-order valence-corrected chi connectivity index (χ2v) is 4.05. The van der Waals surface area contributed by atoms with E-state index in [1.807, 2.05) is 36.4 Å². The Labute approximate surface area is 103 Å². The number of thioether (sulfide) groups is 1. The maximum absolute atomic E-state index is 8.41. The number of nitrogens with zero attached hydrogens (tertiary/aromatic N) is 3. The molecule has 0 radical (unpaired) electrons. The third-order valence-corrected chi connectivity index (χ3v) is 2.61. The molecule has 0 saturated carbocycles. The zero-order chi connectivity index (χ0) is 11.9. The number of nitrogens with one attached hydrogen (secondary N) is 1. The van der Waals surface area contributed by atoms with E-state index in [2.05, 4.69) is 15.5 Å². The minimum absolute atomic E-state index is 0.313. The number of anilines is 1. The van der Waals surface area contributed by atoms with E-state index in [-0.39, 0.29) is 0 Å². The monoisotopic (exact) mass is 246 g/mol. The summed E-state index contributed by atoms with van der Waals surface area (Å²) < 4.78 is 5.33. The van der Waals surface area contributed by atoms with E-state index in [1.165, 1.54) is 11.8 Å². The van der Waals surface area contributed by atoms with Gasteiger partial charge in [-0.1, -0.05) is 30.0 Å². The van der Waals surface area contributed by atoms with Gasteiger partial charge in [-0.15, -0.1) is 10.2 Å². The molecule has 1 aromatic heterocycles. The Balaban J connectivity index is 1.87. The molecule has 1 N–H and O–H groups in total. The van der Waals surface area contributed by atoms with Crippen molar-refractivity contribution in [3.05, 3.63) is 36.2 Å². The average Bonchev–Trinajstić information content (AvgIpc) is 2.83. The van der Waals surface area contributed by atoms with Crippen LogP contribution >= 0.6 is 11.8 Å². The van der Waals surface area contributed by atoms with Crippen LogP contribution in [0.5, 0.6) is 0 Å². The molecule has 0 aliphatic rings. The van der Waals surface area contributed by atoms with Gasteiger partial charge in [-0.25, -0.2) is 0 Å². The lowest BCUT2D eigenvalue weighted by Gasteiger charge is -2.01. The van der Waals surface area contributed by atoms with Crippen LogP contribution in [-0.4, -0.2) is 16.0 Å². The largest absolute Gasteiger partial charge is 0.414 e. The molecular weight excluding hydrogens is 236 g/mol. The quantitative estimate of drug-likeness (QED) is 0.816. The smallest absolute Gasteiger partial charge is 0.277 e. The SMILES string of the molecule is N#CCSc1nnc(CNc2ccccc2)o1. The lowest BCUT2D eigenvalue weighted by atomic mass is 10.3. The maximum Gasteiger partial charge on any atom is 0.277 e. The van der Waals surface area contributed by atoms with Crippen LogP contribution in [0.2, 0.25) is 0 Å². The molecule has 0 bridgehead atoms. The molecule has 1 aromatic carbocycles. The third kappa shape index (κ3) is 3.50. The van der Waals surface area contributed by atoms with Crippen LogP contribution in [0.15, 0.2) is 40.0 Å². The molecule has 1 heterocycles. The van der Waals surface area contributed by atoms with Crippen LogP contribution in [0, 0.1) is 11.3 Å². The van der Waals surface area contributed by atoms with Crippen molar-refractivity contribution in [2.24, 2.45) is 0 Å². The second-order valence-electron chi connectivity index (χ2n) is 3.13. The second kappa shape index (κ2) is 5.92. The lowest BCUT2D eigenvalue weighted by Crippen LogP contribution is -1.99. The summed E-state index contributed by atoms with van der Waals surface area (Å²) in [4.78, 5) is 0. The molecule has 0 fully saturated rings. The van der Waals surface area contributed by atoms with Crippen LogP contribution < -0.4 is 5.32 Å². The van der Waals surface area contributed by atoms with E-state index < -0.39 is 0 Å². The van der Waals surface area contributed by atoms with Crippen LogP contribution in [0.3, 0.4) is 0 Å². The topological polar surface area (TPSA) is 74.7 Å². The van der Waals surface area contributed by atoms with Crippen molar-refractivity contribution in [1.29, 1.82) is 5.26 Å². The Hall–Kier alpha value is -2.00. The van der Waals surface area contributed by atoms with Gasteiger partial charge >= 0.3 is 0 Å². The van der Waals surface area contributed by atoms with Crippen LogP contribution in [0.1, 0.15) is 5.89 Å². The summed E-state index contributed by atoms with van der Waals surface area (Å²) in [5, 5.41) is 19.7. The van der Waals surface area contributed by atoms with Crippen molar-refractivity contribution < 1.29 is 4.42 Å². The van der Waals surface area contributed by atoms with E-state index in [4.69, 9.17) is 9.68 Å². The fourth-order valence-electron chi connectivity index (χ4n) is 1.20. The summed E-state index contributed by atoms with van der Waals surface area (Å²) in [7, 11) is 0. The summed E-state index contributed by atoms with van der Waals surface area (Å²) in [6.45, 7) is 0.476. The van der Waals surface area contributed by atoms with Crippen LogP contribution in [0.25, 0.3) is 0 Å². The van der Waals surface area contributed by atoms with Gasteiger partial charge in [0.1, 0.15) is 0 Å². The Morgan fingerprint density at radius 1 is 1.29 bits per heavy atom. The molecule has 0 unspecified atom stereocenters. The highest BCUT2D eigenvalue weighted by atomic mass is 32.2. The fourth-order valence-corrected chi connectivity index (χ4v) is 1.64. The average molecular weight is 246 g/mol. The molecule has 17 heavy (non-hydrogen) atoms. The zero-order valence-corrected chi connectivity index (χ0v) is 9.78. The van der Waals surface area contributed by atoms with Crippen molar-refractivity contribution >= 4 is 17.4 Å². The standard InChI is InChI=1S/C11H10N4OS/c12-6-7-17-11-15-14-10(16-11)8-13-9-4-2-1-3-5-9/h1-5,13H,7-8H2. The first-order valence-corrected chi connectivity index (χ1v) is 5.98. The van der Waals surface area contributed by atoms with Crippen molar-refractivity contribution in [3.63, 3.8) is 0 Å². The van der Waals surface area contributed by atoms with Gasteiger partial charge < -0.3 is 9.73 Å². The van der Waals surface area contributed by atoms with Gasteiger partial charge in [-0.2, -0.15) is 5.26 Å². The predicted molar refractivity (Wildman–Crippen MR) is 64.4 cm³/mol. The van der Waals surface area contributed by atoms with Gasteiger partial charge in [0.15, 0.2) is 0 Å². The van der Waals surface area contributed by atoms with Crippen LogP contribution in [0.4, 0.5) is 5.69 Å². The number of aromatic nitrogens is 2. The van der Waals surface area contributed by atoms with Crippen molar-refractivity contribution in [2.75, 3.05) is 11.1 Å². The van der Waals surface area contributed by atoms with E-state index in [0.29, 0.717) is 23.4 Å². The molecule has 5 nitrogen and oxygen atoms in total. The summed E-state index contributed by atoms with van der Waals surface area (Å²) in [5.74, 6) is 0.822. The molecule has 86 valence electrons. The summed E-state index contributed by atoms with van der Waals surface area (Å²) in [6, 6.07) is 11.8. The number of para-hydroxylation sites is 1. The predicted octanol–water partition coefficient (Wildman–Crippen LogP) is 2.30. The van der Waals surface area contributed by atoms with Crippen molar-refractivity contribution in [1.82, 2.24) is 10.2 Å². The fraction of sp³-hybridized carbons (Fsp3) is 0.182. The van der Waals surface area contributed by atoms with E-state index >= 15 is 0 Å². The summed E-state index contributed by atoms with van der Waals surface area (Å²) in [6.07, 6.45) is 0. The minimum atomic E-state index is 0.313. The highest BCUT2D eigenvalue weighted by Gasteiger charge is 2.05. The highest BCUT2D eigenvalue weighted by Crippen LogP contribution is 2.15. The third-order valence-electron chi connectivity index (χ3n) is 1.93. The highest BCUT2D eigenvalue weighted by molar-refractivity contribution is 7.99. The Morgan fingerprint density at radius 3 is 2.88 bits per heavy atom. The van der Waals surface area contributed by atoms with E-state index in [9.17, 15) is 0 Å². The number of hydrogen-bond acceptors (Lipinski definition) is 6. The molecule has 0 atom stereocenters. The first-order chi connectivity index (χ1) is 8.38. The van der Waals surface area contributed by atoms with Gasteiger partial charge in [0, 0.05) is 5.69 Å². The van der Waals surface area contributed by atoms with Gasteiger partial charge in [0.2, 0.25) is 5.89 Å². The van der Waals surface area contributed by atoms with Crippen molar-refractivity contribution in [2.45, 2.75) is 11.8 Å². The Morgan fingerprint density at radius 2 is 2.12 bits per heavy atom. The molecule has 2 rings (SSSR count). The molecular formula is C11H10N4OS. The number of rotatable bonds is 5. The summed E-state index contributed by atoms with van der Waals surface area (Å²) >= 11 is 1.23. The van der Waals surface area contributed by atoms with Gasteiger partial charge in [0.25, 0.3) is 5.22 Å². The molecule has 0 aliphatic carbocycles. The molecule has 6 heteroatoms. The number of benzene rings is 1. The van der Waals surface area contributed by atoms with Gasteiger partial charge in [0.05, 0.1) is 18.4 Å². The van der Waals surface area contributed by atoms with Gasteiger partial charge in [-0.3, -0.25) is 0 Å². The lowest BCUT2D eigenvalue weighted by molar-refractivity contribution is 0.419. The normalized spacial score (nSPS) is 9.82. The van der Waals surface area contributed by atoms with Crippen molar-refractivity contribution in [3.8, 4) is 6.07 Å². The number of nitriles is 1. The maximum atomic E-state index is 8.41. The van der Waals surface area contributed by atoms with Gasteiger partial charge in [-0.05, 0) is 12.1 Å². The summed E-state index contributed by atoms with van der Waals surface area (Å²) in [5.41, 5.74) is 0.997. The Bertz CT molecular complexity index is 506. The molecule has 0 aliphatic heterocycles. The first-order valence-electron chi connectivity index (χ1n) is 4.99. The number of hydrogen-bond donors (Lipinski definition) is 1. The Kier molecular flexibility index (Phi) is 4.00. The van der Waals surface area contributed by atoms with Crippen LogP contribution in [-0.2, 0) is 6.54 Å².